The summed E-state index contributed by atoms with van der Waals surface area (Å²) in [5.41, 5.74) is -2.74. The van der Waals surface area contributed by atoms with Crippen molar-refractivity contribution in [3.05, 3.63) is 30.6 Å². The molecule has 1 heterocycles. The minimum absolute atomic E-state index is 0. The van der Waals surface area contributed by atoms with Crippen LogP contribution in [0.4, 0.5) is 0 Å². The van der Waals surface area contributed by atoms with Crippen molar-refractivity contribution in [1.29, 1.82) is 0 Å². The number of aliphatic hydroxyl groups is 1. The Balaban J connectivity index is -0.0000000932. The van der Waals surface area contributed by atoms with Gasteiger partial charge in [-0.2, -0.15) is 0 Å². The normalized spacial score (nSPS) is 8.22. The Morgan fingerprint density at radius 2 is 1.17 bits per heavy atom. The van der Waals surface area contributed by atoms with Crippen molar-refractivity contribution >= 4 is 77.0 Å². The van der Waals surface area contributed by atoms with Crippen LogP contribution in [0.25, 0.3) is 0 Å². The molecule has 0 amide bonds. The first-order valence-corrected chi connectivity index (χ1v) is 5.02. The number of hydrogen-bond acceptors (Lipinski definition) is 5. The molecule has 1 rings (SSSR count). The molecule has 8 N–H and O–H groups in total. The predicted molar refractivity (Wildman–Crippen MR) is 82.9 cm³/mol. The second-order valence-electron chi connectivity index (χ2n) is 3.50. The van der Waals surface area contributed by atoms with Gasteiger partial charge < -0.3 is 31.4 Å². The molecule has 0 atom stereocenters. The average Bonchev–Trinajstić information content (AvgIpc) is 2.29. The van der Waals surface area contributed by atoms with Gasteiger partial charge in [-0.1, -0.05) is 6.07 Å². The van der Waals surface area contributed by atoms with Crippen LogP contribution in [0.15, 0.2) is 30.6 Å². The molecule has 0 saturated carbocycles. The SMILES string of the molecule is O.O.O=C(O)CC(O)(CC(=O)O)C(=O)O.[NaH].[NaH].c1ccncc1. The van der Waals surface area contributed by atoms with Crippen LogP contribution in [0, 0.1) is 0 Å². The van der Waals surface area contributed by atoms with E-state index < -0.39 is 36.4 Å². The molecule has 0 bridgehead atoms. The van der Waals surface area contributed by atoms with Crippen LogP contribution >= 0.6 is 0 Å². The number of hydrogen-bond donors (Lipinski definition) is 4. The quantitative estimate of drug-likeness (QED) is 0.396. The summed E-state index contributed by atoms with van der Waals surface area (Å²) < 4.78 is 0. The minimum atomic E-state index is -2.74. The standard InChI is InChI=1S/C6H8O7.C5H5N.2Na.2H2O.2H/c7-3(8)1-6(13,5(11)12)2-4(9)10;1-2-4-6-5-3-1;;;;;;/h13H,1-2H2,(H,7,8)(H,9,10)(H,11,12);1-5H;;;2*1H2;;. The number of aromatic nitrogens is 1. The number of rotatable bonds is 5. The molecule has 0 aromatic carbocycles. The van der Waals surface area contributed by atoms with Gasteiger partial charge in [-0.3, -0.25) is 14.6 Å². The predicted octanol–water partition coefficient (Wildman–Crippen LogP) is -3.11. The van der Waals surface area contributed by atoms with Crippen molar-refractivity contribution in [2.45, 2.75) is 18.4 Å². The maximum atomic E-state index is 10.3. The summed E-state index contributed by atoms with van der Waals surface area (Å²) in [5.74, 6) is -5.02. The van der Waals surface area contributed by atoms with Gasteiger partial charge in [-0.25, -0.2) is 4.79 Å². The Hall–Kier alpha value is -0.560. The van der Waals surface area contributed by atoms with E-state index >= 15 is 0 Å². The molecule has 12 heteroatoms. The van der Waals surface area contributed by atoms with Gasteiger partial charge in [-0.05, 0) is 12.1 Å². The molecule has 0 saturated heterocycles. The first kappa shape index (κ1) is 33.9. The van der Waals surface area contributed by atoms with E-state index in [1.54, 1.807) is 12.4 Å². The fourth-order valence-electron chi connectivity index (χ4n) is 1.03. The van der Waals surface area contributed by atoms with E-state index in [2.05, 4.69) is 4.98 Å². The summed E-state index contributed by atoms with van der Waals surface area (Å²) in [4.78, 5) is 34.3. The third-order valence-electron chi connectivity index (χ3n) is 1.85. The van der Waals surface area contributed by atoms with Gasteiger partial charge in [0.15, 0.2) is 5.60 Å². The second kappa shape index (κ2) is 17.8. The molecule has 0 fully saturated rings. The largest absolute Gasteiger partial charge is 0.265 e. The third kappa shape index (κ3) is 17.6. The molecule has 0 spiro atoms. The summed E-state index contributed by atoms with van der Waals surface area (Å²) in [7, 11) is 0. The molecule has 0 aliphatic carbocycles. The van der Waals surface area contributed by atoms with Crippen LogP contribution in [0.3, 0.4) is 0 Å². The van der Waals surface area contributed by atoms with Gasteiger partial charge >= 0.3 is 77.0 Å². The topological polar surface area (TPSA) is 208 Å². The van der Waals surface area contributed by atoms with E-state index in [1.807, 2.05) is 18.2 Å². The Labute approximate surface area is 175 Å². The number of carbonyl (C=O) groups is 3. The number of carboxylic acids is 3. The fourth-order valence-corrected chi connectivity index (χ4v) is 1.03. The minimum Gasteiger partial charge on any atom is -0.265 e. The maximum absolute atomic E-state index is 10.3. The zero-order valence-corrected chi connectivity index (χ0v) is 10.8. The molecule has 0 unspecified atom stereocenters. The smallest absolute Gasteiger partial charge is 0.0267 e. The zero-order chi connectivity index (χ0) is 14.9. The molecule has 0 radical (unpaired) electrons. The number of nitrogens with zero attached hydrogens (tertiary/aromatic N) is 1. The Bertz CT molecular complexity index is 402. The van der Waals surface area contributed by atoms with Gasteiger partial charge in [0.05, 0.1) is 12.8 Å². The monoisotopic (exact) mass is 355 g/mol. The molecule has 0 aliphatic rings. The molecule has 1 aromatic heterocycles. The van der Waals surface area contributed by atoms with Crippen molar-refractivity contribution in [2.24, 2.45) is 0 Å². The Morgan fingerprint density at radius 1 is 0.826 bits per heavy atom. The summed E-state index contributed by atoms with van der Waals surface area (Å²) in [6, 6.07) is 5.72. The molecule has 10 nitrogen and oxygen atoms in total. The van der Waals surface area contributed by atoms with Crippen molar-refractivity contribution < 1.29 is 45.8 Å². The van der Waals surface area contributed by atoms with Gasteiger partial charge in [0.1, 0.15) is 0 Å². The van der Waals surface area contributed by atoms with Crippen LogP contribution in [-0.4, -0.2) is 119 Å². The summed E-state index contributed by atoms with van der Waals surface area (Å²) in [6.45, 7) is 0. The van der Waals surface area contributed by atoms with E-state index in [0.29, 0.717) is 0 Å². The summed E-state index contributed by atoms with van der Waals surface area (Å²) >= 11 is 0. The summed E-state index contributed by atoms with van der Waals surface area (Å²) in [5, 5.41) is 33.8. The van der Waals surface area contributed by atoms with Gasteiger partial charge in [-0.15, -0.1) is 0 Å². The molecule has 1 aromatic rings. The van der Waals surface area contributed by atoms with Crippen molar-refractivity contribution in [2.75, 3.05) is 0 Å². The van der Waals surface area contributed by atoms with Crippen molar-refractivity contribution in [1.82, 2.24) is 4.98 Å². The number of pyridine rings is 1. The molecular formula is C11H19NNa2O9. The Morgan fingerprint density at radius 3 is 1.30 bits per heavy atom. The van der Waals surface area contributed by atoms with Crippen molar-refractivity contribution in [3.63, 3.8) is 0 Å². The maximum Gasteiger partial charge on any atom is 0.0267 e. The first-order chi connectivity index (χ1) is 8.78. The van der Waals surface area contributed by atoms with E-state index in [1.165, 1.54) is 0 Å². The number of aliphatic carboxylic acids is 3. The van der Waals surface area contributed by atoms with E-state index in [4.69, 9.17) is 20.4 Å². The molecule has 0 aliphatic heterocycles. The van der Waals surface area contributed by atoms with Crippen LogP contribution in [-0.2, 0) is 14.4 Å². The van der Waals surface area contributed by atoms with Gasteiger partial charge in [0.25, 0.3) is 0 Å². The van der Waals surface area contributed by atoms with Gasteiger partial charge in [0, 0.05) is 12.4 Å². The van der Waals surface area contributed by atoms with Crippen LogP contribution in [0.2, 0.25) is 0 Å². The van der Waals surface area contributed by atoms with Crippen LogP contribution < -0.4 is 0 Å². The van der Waals surface area contributed by atoms with E-state index in [-0.39, 0.29) is 70.1 Å². The zero-order valence-electron chi connectivity index (χ0n) is 10.8. The molecular weight excluding hydrogens is 336 g/mol. The third-order valence-corrected chi connectivity index (χ3v) is 1.85. The van der Waals surface area contributed by atoms with Crippen LogP contribution in [0.5, 0.6) is 0 Å². The second-order valence-corrected chi connectivity index (χ2v) is 3.50. The molecule has 124 valence electrons. The number of carboxylic acid groups (broad SMARTS) is 3. The van der Waals surface area contributed by atoms with Crippen LogP contribution in [0.1, 0.15) is 12.8 Å². The molecule has 23 heavy (non-hydrogen) atoms. The first-order valence-electron chi connectivity index (χ1n) is 5.02. The summed E-state index contributed by atoms with van der Waals surface area (Å²) in [6.07, 6.45) is 1.21. The average molecular weight is 355 g/mol. The van der Waals surface area contributed by atoms with Crippen molar-refractivity contribution in [3.8, 4) is 0 Å². The fraction of sp³-hybridized carbons (Fsp3) is 0.273. The van der Waals surface area contributed by atoms with E-state index in [0.717, 1.165) is 0 Å². The van der Waals surface area contributed by atoms with E-state index in [9.17, 15) is 14.4 Å². The Kier molecular flexibility index (Phi) is 26.2. The van der Waals surface area contributed by atoms with Gasteiger partial charge in [0.2, 0.25) is 0 Å².